The summed E-state index contributed by atoms with van der Waals surface area (Å²) in [5.41, 5.74) is 3.04. The third kappa shape index (κ3) is 4.68. The van der Waals surface area contributed by atoms with Crippen LogP contribution in [0.3, 0.4) is 0 Å². The van der Waals surface area contributed by atoms with Crippen molar-refractivity contribution in [3.63, 3.8) is 0 Å². The highest BCUT2D eigenvalue weighted by atomic mass is 35.5. The van der Waals surface area contributed by atoms with E-state index in [-0.39, 0.29) is 12.1 Å². The molecule has 0 saturated heterocycles. The summed E-state index contributed by atoms with van der Waals surface area (Å²) in [7, 11) is 4.12. The molecule has 2 atom stereocenters. The van der Waals surface area contributed by atoms with Crippen molar-refractivity contribution in [3.05, 3.63) is 70.9 Å². The van der Waals surface area contributed by atoms with Gasteiger partial charge in [-0.3, -0.25) is 5.32 Å². The predicted octanol–water partition coefficient (Wildman–Crippen LogP) is 4.79. The van der Waals surface area contributed by atoms with E-state index in [1.807, 2.05) is 30.5 Å². The summed E-state index contributed by atoms with van der Waals surface area (Å²) in [5, 5.41) is 10.8. The molecule has 7 nitrogen and oxygen atoms in total. The van der Waals surface area contributed by atoms with Crippen molar-refractivity contribution in [2.24, 2.45) is 0 Å². The SMILES string of the molecule is CC(c1ccc(-n2ccc(NC(=O)N[C@H]3CCOc4c(Cl)cccc43)n2)cc1)N(C)C. The van der Waals surface area contributed by atoms with Crippen LogP contribution in [0.2, 0.25) is 5.02 Å². The minimum Gasteiger partial charge on any atom is -0.492 e. The zero-order valence-electron chi connectivity index (χ0n) is 17.8. The summed E-state index contributed by atoms with van der Waals surface area (Å²) in [4.78, 5) is 14.7. The van der Waals surface area contributed by atoms with Crippen LogP contribution in [0.25, 0.3) is 5.69 Å². The Morgan fingerprint density at radius 2 is 2.00 bits per heavy atom. The second kappa shape index (κ2) is 8.99. The first-order valence-corrected chi connectivity index (χ1v) is 10.6. The Hall–Kier alpha value is -3.03. The molecule has 2 heterocycles. The van der Waals surface area contributed by atoms with Gasteiger partial charge in [0.05, 0.1) is 23.4 Å². The summed E-state index contributed by atoms with van der Waals surface area (Å²) < 4.78 is 7.39. The van der Waals surface area contributed by atoms with Crippen molar-refractivity contribution in [2.75, 3.05) is 26.0 Å². The van der Waals surface area contributed by atoms with E-state index in [0.717, 1.165) is 11.3 Å². The van der Waals surface area contributed by atoms with E-state index in [2.05, 4.69) is 53.8 Å². The Kier molecular flexibility index (Phi) is 6.15. The van der Waals surface area contributed by atoms with Crippen LogP contribution in [0.15, 0.2) is 54.7 Å². The van der Waals surface area contributed by atoms with Crippen LogP contribution in [0.5, 0.6) is 5.75 Å². The smallest absolute Gasteiger partial charge is 0.320 e. The molecule has 3 aromatic rings. The lowest BCUT2D eigenvalue weighted by Crippen LogP contribution is -2.35. The number of anilines is 1. The highest BCUT2D eigenvalue weighted by Crippen LogP contribution is 2.37. The number of para-hydroxylation sites is 1. The number of urea groups is 1. The number of hydrogen-bond acceptors (Lipinski definition) is 4. The second-order valence-corrected chi connectivity index (χ2v) is 8.23. The Labute approximate surface area is 187 Å². The number of fused-ring (bicyclic) bond motifs is 1. The van der Waals surface area contributed by atoms with Gasteiger partial charge in [-0.1, -0.05) is 35.9 Å². The third-order valence-corrected chi connectivity index (χ3v) is 5.87. The van der Waals surface area contributed by atoms with Crippen LogP contribution in [0.4, 0.5) is 10.6 Å². The van der Waals surface area contributed by atoms with E-state index in [1.54, 1.807) is 16.8 Å². The van der Waals surface area contributed by atoms with E-state index >= 15 is 0 Å². The minimum atomic E-state index is -0.321. The fourth-order valence-electron chi connectivity index (χ4n) is 3.59. The summed E-state index contributed by atoms with van der Waals surface area (Å²) in [6.07, 6.45) is 2.50. The van der Waals surface area contributed by atoms with Gasteiger partial charge in [0.25, 0.3) is 0 Å². The number of amides is 2. The van der Waals surface area contributed by atoms with Crippen LogP contribution >= 0.6 is 11.6 Å². The molecule has 4 rings (SSSR count). The van der Waals surface area contributed by atoms with E-state index in [0.29, 0.717) is 35.7 Å². The summed E-state index contributed by atoms with van der Waals surface area (Å²) in [6, 6.07) is 15.4. The van der Waals surface area contributed by atoms with Gasteiger partial charge in [0.15, 0.2) is 5.82 Å². The van der Waals surface area contributed by atoms with E-state index in [1.165, 1.54) is 5.56 Å². The van der Waals surface area contributed by atoms with Gasteiger partial charge in [-0.15, -0.1) is 5.10 Å². The quantitative estimate of drug-likeness (QED) is 0.599. The largest absolute Gasteiger partial charge is 0.492 e. The Bertz CT molecular complexity index is 1060. The lowest BCUT2D eigenvalue weighted by atomic mass is 10.0. The third-order valence-electron chi connectivity index (χ3n) is 5.58. The molecule has 1 unspecified atom stereocenters. The standard InChI is InChI=1S/C23H26ClN5O2/c1-15(28(2)3)16-7-9-17(10-8-16)29-13-11-21(27-29)26-23(30)25-20-12-14-31-22-18(20)5-4-6-19(22)24/h4-11,13,15,20H,12,14H2,1-3H3,(H2,25,26,27,30)/t15?,20-/m0/s1. The number of carbonyl (C=O) groups excluding carboxylic acids is 1. The molecule has 31 heavy (non-hydrogen) atoms. The molecule has 2 amide bonds. The molecular formula is C23H26ClN5O2. The van der Waals surface area contributed by atoms with Gasteiger partial charge < -0.3 is 15.0 Å². The first-order valence-electron chi connectivity index (χ1n) is 10.2. The molecule has 0 fully saturated rings. The molecule has 1 aliphatic heterocycles. The Balaban J connectivity index is 1.41. The zero-order valence-corrected chi connectivity index (χ0v) is 18.6. The zero-order chi connectivity index (χ0) is 22.0. The fourth-order valence-corrected chi connectivity index (χ4v) is 3.82. The second-order valence-electron chi connectivity index (χ2n) is 7.82. The molecule has 0 bridgehead atoms. The maximum atomic E-state index is 12.6. The van der Waals surface area contributed by atoms with Crippen molar-refractivity contribution >= 4 is 23.4 Å². The van der Waals surface area contributed by atoms with Crippen molar-refractivity contribution in [1.29, 1.82) is 0 Å². The van der Waals surface area contributed by atoms with E-state index in [9.17, 15) is 4.79 Å². The molecule has 0 spiro atoms. The number of aromatic nitrogens is 2. The van der Waals surface area contributed by atoms with Gasteiger partial charge in [-0.25, -0.2) is 9.48 Å². The van der Waals surface area contributed by atoms with Crippen molar-refractivity contribution in [3.8, 4) is 11.4 Å². The molecule has 0 saturated carbocycles. The number of ether oxygens (including phenoxy) is 1. The van der Waals surface area contributed by atoms with Gasteiger partial charge in [-0.05, 0) is 44.8 Å². The molecule has 162 valence electrons. The maximum Gasteiger partial charge on any atom is 0.320 e. The molecule has 0 aliphatic carbocycles. The number of benzene rings is 2. The number of carbonyl (C=O) groups is 1. The first-order chi connectivity index (χ1) is 14.9. The van der Waals surface area contributed by atoms with Gasteiger partial charge >= 0.3 is 6.03 Å². The summed E-state index contributed by atoms with van der Waals surface area (Å²) >= 11 is 6.21. The van der Waals surface area contributed by atoms with Gasteiger partial charge in [0.1, 0.15) is 5.75 Å². The number of halogens is 1. The van der Waals surface area contributed by atoms with Crippen LogP contribution in [0.1, 0.15) is 36.6 Å². The monoisotopic (exact) mass is 439 g/mol. The lowest BCUT2D eigenvalue weighted by molar-refractivity contribution is 0.232. The number of nitrogens with one attached hydrogen (secondary N) is 2. The number of nitrogens with zero attached hydrogens (tertiary/aromatic N) is 3. The number of hydrogen-bond donors (Lipinski definition) is 2. The molecule has 1 aliphatic rings. The van der Waals surface area contributed by atoms with E-state index in [4.69, 9.17) is 16.3 Å². The highest BCUT2D eigenvalue weighted by Gasteiger charge is 2.24. The maximum absolute atomic E-state index is 12.6. The van der Waals surface area contributed by atoms with Crippen LogP contribution in [0, 0.1) is 0 Å². The van der Waals surface area contributed by atoms with Crippen molar-refractivity contribution < 1.29 is 9.53 Å². The van der Waals surface area contributed by atoms with Crippen LogP contribution < -0.4 is 15.4 Å². The van der Waals surface area contributed by atoms with Crippen LogP contribution in [-0.4, -0.2) is 41.4 Å². The van der Waals surface area contributed by atoms with Gasteiger partial charge in [0, 0.05) is 30.3 Å². The minimum absolute atomic E-state index is 0.171. The lowest BCUT2D eigenvalue weighted by Gasteiger charge is -2.27. The Morgan fingerprint density at radius 1 is 1.23 bits per heavy atom. The average molecular weight is 440 g/mol. The molecular weight excluding hydrogens is 414 g/mol. The molecule has 0 radical (unpaired) electrons. The summed E-state index contributed by atoms with van der Waals surface area (Å²) in [5.74, 6) is 1.11. The number of rotatable bonds is 5. The normalized spacial score (nSPS) is 16.4. The first kappa shape index (κ1) is 21.2. The topological polar surface area (TPSA) is 71.4 Å². The highest BCUT2D eigenvalue weighted by molar-refractivity contribution is 6.32. The van der Waals surface area contributed by atoms with Gasteiger partial charge in [-0.2, -0.15) is 0 Å². The van der Waals surface area contributed by atoms with Crippen LogP contribution in [-0.2, 0) is 0 Å². The molecule has 2 aromatic carbocycles. The molecule has 8 heteroatoms. The predicted molar refractivity (Wildman–Crippen MR) is 122 cm³/mol. The molecule has 1 aromatic heterocycles. The van der Waals surface area contributed by atoms with Gasteiger partial charge in [0.2, 0.25) is 0 Å². The van der Waals surface area contributed by atoms with Crippen molar-refractivity contribution in [1.82, 2.24) is 20.0 Å². The Morgan fingerprint density at radius 3 is 2.74 bits per heavy atom. The molecule has 2 N–H and O–H groups in total. The summed E-state index contributed by atoms with van der Waals surface area (Å²) in [6.45, 7) is 2.66. The van der Waals surface area contributed by atoms with E-state index < -0.39 is 0 Å². The fraction of sp³-hybridized carbons (Fsp3) is 0.304. The average Bonchev–Trinajstić information content (AvgIpc) is 3.22. The van der Waals surface area contributed by atoms with Crippen molar-refractivity contribution in [2.45, 2.75) is 25.4 Å².